The van der Waals surface area contributed by atoms with Gasteiger partial charge < -0.3 is 9.80 Å². The van der Waals surface area contributed by atoms with Crippen molar-refractivity contribution in [3.63, 3.8) is 0 Å². The van der Waals surface area contributed by atoms with Gasteiger partial charge in [-0.05, 0) is 38.6 Å². The molecular weight excluding hydrogens is 306 g/mol. The van der Waals surface area contributed by atoms with E-state index in [1.807, 2.05) is 16.3 Å². The van der Waals surface area contributed by atoms with Crippen LogP contribution in [-0.2, 0) is 17.6 Å². The number of hydrogen-bond acceptors (Lipinski definition) is 4. The number of fused-ring (bicyclic) bond motifs is 1. The average molecular weight is 329 g/mol. The van der Waals surface area contributed by atoms with E-state index in [9.17, 15) is 4.79 Å². The fourth-order valence-corrected chi connectivity index (χ4v) is 3.87. The lowest BCUT2D eigenvalue weighted by molar-refractivity contribution is -0.119. The Kier molecular flexibility index (Phi) is 5.08. The molecule has 2 aromatic rings. The highest BCUT2D eigenvalue weighted by Crippen LogP contribution is 2.31. The highest BCUT2D eigenvalue weighted by Gasteiger charge is 2.30. The third-order valence-electron chi connectivity index (χ3n) is 4.24. The van der Waals surface area contributed by atoms with Crippen molar-refractivity contribution >= 4 is 22.9 Å². The van der Waals surface area contributed by atoms with Crippen molar-refractivity contribution in [1.29, 1.82) is 0 Å². The first-order valence-corrected chi connectivity index (χ1v) is 8.96. The molecule has 1 unspecified atom stereocenters. The predicted molar refractivity (Wildman–Crippen MR) is 95.0 cm³/mol. The molecule has 0 spiro atoms. The van der Waals surface area contributed by atoms with Gasteiger partial charge in [-0.1, -0.05) is 18.2 Å². The van der Waals surface area contributed by atoms with Crippen molar-refractivity contribution in [2.45, 2.75) is 31.7 Å². The maximum atomic E-state index is 12.9. The molecule has 0 saturated carbocycles. The van der Waals surface area contributed by atoms with Crippen LogP contribution in [0.1, 0.15) is 23.4 Å². The van der Waals surface area contributed by atoms with Gasteiger partial charge in [0.25, 0.3) is 0 Å². The van der Waals surface area contributed by atoms with Gasteiger partial charge in [-0.3, -0.25) is 4.79 Å². The number of nitrogens with zero attached hydrogens (tertiary/aromatic N) is 3. The molecule has 1 amide bonds. The number of anilines is 1. The van der Waals surface area contributed by atoms with Crippen LogP contribution in [0.2, 0.25) is 0 Å². The number of likely N-dealkylation sites (N-methyl/N-ethyl adjacent to an activating group) is 1. The monoisotopic (exact) mass is 329 g/mol. The lowest BCUT2D eigenvalue weighted by Gasteiger charge is -2.38. The molecule has 5 heteroatoms. The molecule has 0 saturated heterocycles. The number of rotatable bonds is 5. The van der Waals surface area contributed by atoms with E-state index in [1.54, 1.807) is 17.5 Å². The van der Waals surface area contributed by atoms with Gasteiger partial charge in [0.1, 0.15) is 0 Å². The number of aromatic nitrogens is 1. The topological polar surface area (TPSA) is 36.4 Å². The van der Waals surface area contributed by atoms with Crippen LogP contribution >= 0.6 is 11.3 Å². The van der Waals surface area contributed by atoms with Crippen LogP contribution in [-0.4, -0.2) is 42.5 Å². The van der Waals surface area contributed by atoms with E-state index in [-0.39, 0.29) is 11.9 Å². The summed E-state index contributed by atoms with van der Waals surface area (Å²) in [5.74, 6) is 0.208. The molecule has 0 N–H and O–H groups in total. The van der Waals surface area contributed by atoms with Gasteiger partial charge in [0, 0.05) is 42.7 Å². The largest absolute Gasteiger partial charge is 0.308 e. The molecule has 3 rings (SSSR count). The normalized spacial score (nSPS) is 17.3. The Morgan fingerprint density at radius 3 is 2.96 bits per heavy atom. The first kappa shape index (κ1) is 16.1. The predicted octanol–water partition coefficient (Wildman–Crippen LogP) is 2.99. The number of hydrogen-bond donors (Lipinski definition) is 0. The van der Waals surface area contributed by atoms with Gasteiger partial charge in [-0.2, -0.15) is 0 Å². The number of amides is 1. The maximum Gasteiger partial charge on any atom is 0.227 e. The van der Waals surface area contributed by atoms with Crippen LogP contribution in [0.15, 0.2) is 35.8 Å². The second kappa shape index (κ2) is 7.23. The zero-order valence-corrected chi connectivity index (χ0v) is 14.6. The van der Waals surface area contributed by atoms with Crippen molar-refractivity contribution in [1.82, 2.24) is 9.88 Å². The highest BCUT2D eigenvalue weighted by atomic mass is 32.1. The minimum absolute atomic E-state index is 0.208. The molecule has 4 nitrogen and oxygen atoms in total. The smallest absolute Gasteiger partial charge is 0.227 e. The fourth-order valence-electron chi connectivity index (χ4n) is 3.25. The summed E-state index contributed by atoms with van der Waals surface area (Å²) in [7, 11) is 4.14. The lowest BCUT2D eigenvalue weighted by Crippen LogP contribution is -2.48. The molecule has 1 aromatic heterocycles. The Morgan fingerprint density at radius 2 is 2.22 bits per heavy atom. The SMILES string of the molecule is CN(C)CC1CCc2ccccc2N1C(=O)CCc1nccs1. The van der Waals surface area contributed by atoms with E-state index in [0.717, 1.165) is 36.5 Å². The van der Waals surface area contributed by atoms with Gasteiger partial charge in [0.2, 0.25) is 5.91 Å². The first-order valence-electron chi connectivity index (χ1n) is 8.08. The zero-order valence-electron chi connectivity index (χ0n) is 13.7. The van der Waals surface area contributed by atoms with E-state index >= 15 is 0 Å². The summed E-state index contributed by atoms with van der Waals surface area (Å²) in [5, 5.41) is 3.00. The standard InChI is InChI=1S/C18H23N3OS/c1-20(2)13-15-8-7-14-5-3-4-6-16(14)21(15)18(22)10-9-17-19-11-12-23-17/h3-6,11-12,15H,7-10,13H2,1-2H3. The zero-order chi connectivity index (χ0) is 16.2. The fraction of sp³-hybridized carbons (Fsp3) is 0.444. The van der Waals surface area contributed by atoms with Crippen LogP contribution in [0.4, 0.5) is 5.69 Å². The number of aryl methyl sites for hydroxylation is 2. The van der Waals surface area contributed by atoms with Crippen LogP contribution in [0, 0.1) is 0 Å². The molecule has 122 valence electrons. The number of carbonyl (C=O) groups is 1. The maximum absolute atomic E-state index is 12.9. The Hall–Kier alpha value is -1.72. The van der Waals surface area contributed by atoms with E-state index < -0.39 is 0 Å². The molecule has 1 atom stereocenters. The second-order valence-electron chi connectivity index (χ2n) is 6.27. The highest BCUT2D eigenvalue weighted by molar-refractivity contribution is 7.09. The summed E-state index contributed by atoms with van der Waals surface area (Å²) in [6.45, 7) is 0.900. The minimum Gasteiger partial charge on any atom is -0.308 e. The van der Waals surface area contributed by atoms with E-state index in [0.29, 0.717) is 6.42 Å². The Bertz CT molecular complexity index is 654. The van der Waals surface area contributed by atoms with Gasteiger partial charge >= 0.3 is 0 Å². The molecule has 1 aliphatic rings. The number of carbonyl (C=O) groups excluding carboxylic acids is 1. The minimum atomic E-state index is 0.208. The second-order valence-corrected chi connectivity index (χ2v) is 7.25. The van der Waals surface area contributed by atoms with Crippen molar-refractivity contribution < 1.29 is 4.79 Å². The molecule has 0 fully saturated rings. The van der Waals surface area contributed by atoms with Crippen molar-refractivity contribution in [2.24, 2.45) is 0 Å². The van der Waals surface area contributed by atoms with E-state index in [4.69, 9.17) is 0 Å². The number of thiazole rings is 1. The molecule has 1 aliphatic heterocycles. The summed E-state index contributed by atoms with van der Waals surface area (Å²) in [4.78, 5) is 21.4. The van der Waals surface area contributed by atoms with Crippen LogP contribution in [0.3, 0.4) is 0 Å². The molecule has 1 aromatic carbocycles. The van der Waals surface area contributed by atoms with Gasteiger partial charge in [0.15, 0.2) is 0 Å². The molecular formula is C18H23N3OS. The van der Waals surface area contributed by atoms with Crippen molar-refractivity contribution in [3.8, 4) is 0 Å². The van der Waals surface area contributed by atoms with Crippen molar-refractivity contribution in [3.05, 3.63) is 46.4 Å². The Morgan fingerprint density at radius 1 is 1.39 bits per heavy atom. The number of benzene rings is 1. The summed E-state index contributed by atoms with van der Waals surface area (Å²) >= 11 is 1.62. The van der Waals surface area contributed by atoms with Crippen molar-refractivity contribution in [2.75, 3.05) is 25.5 Å². The summed E-state index contributed by atoms with van der Waals surface area (Å²) in [6, 6.07) is 8.56. The summed E-state index contributed by atoms with van der Waals surface area (Å²) in [5.41, 5.74) is 2.37. The Labute approximate surface area is 141 Å². The molecule has 2 heterocycles. The first-order chi connectivity index (χ1) is 11.1. The van der Waals surface area contributed by atoms with Crippen LogP contribution in [0.5, 0.6) is 0 Å². The third-order valence-corrected chi connectivity index (χ3v) is 5.08. The molecule has 0 bridgehead atoms. The average Bonchev–Trinajstić information content (AvgIpc) is 3.05. The lowest BCUT2D eigenvalue weighted by atomic mass is 9.95. The Balaban J connectivity index is 1.80. The quantitative estimate of drug-likeness (QED) is 0.846. The summed E-state index contributed by atoms with van der Waals surface area (Å²) in [6.07, 6.45) is 5.12. The van der Waals surface area contributed by atoms with Gasteiger partial charge in [-0.15, -0.1) is 11.3 Å². The van der Waals surface area contributed by atoms with Crippen LogP contribution < -0.4 is 4.90 Å². The number of para-hydroxylation sites is 1. The molecule has 23 heavy (non-hydrogen) atoms. The van der Waals surface area contributed by atoms with Gasteiger partial charge in [-0.25, -0.2) is 4.98 Å². The molecule has 0 radical (unpaired) electrons. The van der Waals surface area contributed by atoms with Gasteiger partial charge in [0.05, 0.1) is 5.01 Å². The van der Waals surface area contributed by atoms with E-state index in [1.165, 1.54) is 5.56 Å². The summed E-state index contributed by atoms with van der Waals surface area (Å²) < 4.78 is 0. The third kappa shape index (κ3) is 3.79. The molecule has 0 aliphatic carbocycles. The van der Waals surface area contributed by atoms with E-state index in [2.05, 4.69) is 42.2 Å². The van der Waals surface area contributed by atoms with Crippen LogP contribution in [0.25, 0.3) is 0 Å².